The standard InChI is InChI=1S/C13H17ClN4S/c1-5-10-6-15-13(19-10)9(4)18-12-11(14)16-7(2)8(3)17-12/h6,9H,5H2,1-4H3,(H,17,18). The van der Waals surface area contributed by atoms with E-state index >= 15 is 0 Å². The molecule has 0 aliphatic heterocycles. The number of rotatable bonds is 4. The highest BCUT2D eigenvalue weighted by Gasteiger charge is 2.14. The van der Waals surface area contributed by atoms with Crippen molar-refractivity contribution in [2.24, 2.45) is 0 Å². The zero-order valence-electron chi connectivity index (χ0n) is 11.5. The lowest BCUT2D eigenvalue weighted by molar-refractivity contribution is 0.853. The highest BCUT2D eigenvalue weighted by Crippen LogP contribution is 2.26. The zero-order chi connectivity index (χ0) is 14.0. The van der Waals surface area contributed by atoms with Crippen LogP contribution in [0.25, 0.3) is 0 Å². The van der Waals surface area contributed by atoms with Crippen molar-refractivity contribution in [3.8, 4) is 0 Å². The quantitative estimate of drug-likeness (QED) is 0.928. The van der Waals surface area contributed by atoms with Gasteiger partial charge >= 0.3 is 0 Å². The first-order valence-corrected chi connectivity index (χ1v) is 7.42. The minimum atomic E-state index is 0.0687. The zero-order valence-corrected chi connectivity index (χ0v) is 13.1. The van der Waals surface area contributed by atoms with Crippen molar-refractivity contribution in [1.29, 1.82) is 0 Å². The Labute approximate surface area is 122 Å². The van der Waals surface area contributed by atoms with Crippen molar-refractivity contribution in [2.45, 2.75) is 40.2 Å². The van der Waals surface area contributed by atoms with Gasteiger partial charge in [0.05, 0.1) is 17.4 Å². The van der Waals surface area contributed by atoms with E-state index in [9.17, 15) is 0 Å². The maximum absolute atomic E-state index is 6.11. The minimum Gasteiger partial charge on any atom is -0.359 e. The minimum absolute atomic E-state index is 0.0687. The summed E-state index contributed by atoms with van der Waals surface area (Å²) in [5.74, 6) is 0.616. The number of hydrogen-bond donors (Lipinski definition) is 1. The van der Waals surface area contributed by atoms with E-state index in [0.717, 1.165) is 22.8 Å². The van der Waals surface area contributed by atoms with Crippen LogP contribution in [0.1, 0.15) is 41.2 Å². The van der Waals surface area contributed by atoms with Gasteiger partial charge in [-0.15, -0.1) is 11.3 Å². The van der Waals surface area contributed by atoms with Gasteiger partial charge < -0.3 is 5.32 Å². The van der Waals surface area contributed by atoms with E-state index in [-0.39, 0.29) is 6.04 Å². The van der Waals surface area contributed by atoms with Crippen molar-refractivity contribution >= 4 is 28.8 Å². The highest BCUT2D eigenvalue weighted by molar-refractivity contribution is 7.11. The molecule has 2 aromatic heterocycles. The van der Waals surface area contributed by atoms with Crippen molar-refractivity contribution in [3.63, 3.8) is 0 Å². The average molecular weight is 297 g/mol. The Kier molecular flexibility index (Phi) is 4.37. The van der Waals surface area contributed by atoms with Crippen molar-refractivity contribution in [1.82, 2.24) is 15.0 Å². The number of hydrogen-bond acceptors (Lipinski definition) is 5. The van der Waals surface area contributed by atoms with Crippen LogP contribution in [0.2, 0.25) is 5.15 Å². The molecule has 6 heteroatoms. The number of anilines is 1. The van der Waals surface area contributed by atoms with Crippen LogP contribution in [-0.4, -0.2) is 15.0 Å². The maximum atomic E-state index is 6.11. The Morgan fingerprint density at radius 1 is 1.32 bits per heavy atom. The molecule has 1 N–H and O–H groups in total. The summed E-state index contributed by atoms with van der Waals surface area (Å²) in [5.41, 5.74) is 1.73. The van der Waals surface area contributed by atoms with E-state index in [1.54, 1.807) is 11.3 Å². The molecule has 0 aliphatic carbocycles. The Hall–Kier alpha value is -1.20. The van der Waals surface area contributed by atoms with Gasteiger partial charge in [-0.25, -0.2) is 15.0 Å². The molecule has 0 amide bonds. The molecule has 0 saturated carbocycles. The largest absolute Gasteiger partial charge is 0.359 e. The summed E-state index contributed by atoms with van der Waals surface area (Å²) >= 11 is 7.82. The Morgan fingerprint density at radius 2 is 2.00 bits per heavy atom. The molecule has 0 fully saturated rings. The SMILES string of the molecule is CCc1cnc(C(C)Nc2nc(C)c(C)nc2Cl)s1. The lowest BCUT2D eigenvalue weighted by atomic mass is 10.3. The second-order valence-corrected chi connectivity index (χ2v) is 5.92. The number of nitrogens with one attached hydrogen (secondary N) is 1. The highest BCUT2D eigenvalue weighted by atomic mass is 35.5. The molecule has 0 bridgehead atoms. The third-order valence-electron chi connectivity index (χ3n) is 2.91. The van der Waals surface area contributed by atoms with E-state index in [1.165, 1.54) is 4.88 Å². The predicted octanol–water partition coefficient (Wildman–Crippen LogP) is 3.94. The van der Waals surface area contributed by atoms with Gasteiger partial charge in [0.1, 0.15) is 5.01 Å². The molecule has 2 aromatic rings. The van der Waals surface area contributed by atoms with Crippen LogP contribution >= 0.6 is 22.9 Å². The molecule has 0 aliphatic rings. The first-order valence-electron chi connectivity index (χ1n) is 6.23. The van der Waals surface area contributed by atoms with Gasteiger partial charge in [0.2, 0.25) is 0 Å². The molecular formula is C13H17ClN4S. The molecule has 2 heterocycles. The van der Waals surface area contributed by atoms with E-state index in [1.807, 2.05) is 27.0 Å². The third kappa shape index (κ3) is 3.22. The van der Waals surface area contributed by atoms with Crippen LogP contribution in [-0.2, 0) is 6.42 Å². The summed E-state index contributed by atoms with van der Waals surface area (Å²) in [6.45, 7) is 8.00. The van der Waals surface area contributed by atoms with Crippen LogP contribution in [0, 0.1) is 13.8 Å². The molecule has 0 aromatic carbocycles. The fraction of sp³-hybridized carbons (Fsp3) is 0.462. The molecule has 1 atom stereocenters. The first-order chi connectivity index (χ1) is 9.01. The second kappa shape index (κ2) is 5.84. The Morgan fingerprint density at radius 3 is 2.63 bits per heavy atom. The molecule has 1 unspecified atom stereocenters. The van der Waals surface area contributed by atoms with Gasteiger partial charge in [-0.2, -0.15) is 0 Å². The summed E-state index contributed by atoms with van der Waals surface area (Å²) in [5, 5.41) is 4.71. The number of aryl methyl sites for hydroxylation is 3. The first kappa shape index (κ1) is 14.2. The summed E-state index contributed by atoms with van der Waals surface area (Å²) in [7, 11) is 0. The van der Waals surface area contributed by atoms with Gasteiger partial charge in [-0.3, -0.25) is 0 Å². The number of halogens is 1. The van der Waals surface area contributed by atoms with Gasteiger partial charge in [0, 0.05) is 11.1 Å². The summed E-state index contributed by atoms with van der Waals surface area (Å²) in [6.07, 6.45) is 2.93. The number of thiazole rings is 1. The third-order valence-corrected chi connectivity index (χ3v) is 4.50. The van der Waals surface area contributed by atoms with Crippen LogP contribution < -0.4 is 5.32 Å². The van der Waals surface area contributed by atoms with Crippen LogP contribution in [0.5, 0.6) is 0 Å². The summed E-state index contributed by atoms with van der Waals surface area (Å²) in [6, 6.07) is 0.0687. The fourth-order valence-electron chi connectivity index (χ4n) is 1.62. The lowest BCUT2D eigenvalue weighted by Gasteiger charge is -2.13. The van der Waals surface area contributed by atoms with Crippen molar-refractivity contribution in [3.05, 3.63) is 32.6 Å². The van der Waals surface area contributed by atoms with Crippen molar-refractivity contribution < 1.29 is 0 Å². The predicted molar refractivity (Wildman–Crippen MR) is 80.0 cm³/mol. The molecule has 0 radical (unpaired) electrons. The van der Waals surface area contributed by atoms with Crippen LogP contribution in [0.15, 0.2) is 6.20 Å². The molecule has 2 rings (SSSR count). The number of aromatic nitrogens is 3. The molecule has 4 nitrogen and oxygen atoms in total. The fourth-order valence-corrected chi connectivity index (χ4v) is 2.70. The number of nitrogens with zero attached hydrogens (tertiary/aromatic N) is 3. The van der Waals surface area contributed by atoms with E-state index in [2.05, 4.69) is 27.2 Å². The van der Waals surface area contributed by atoms with Gasteiger partial charge in [0.25, 0.3) is 0 Å². The second-order valence-electron chi connectivity index (χ2n) is 4.42. The normalized spacial score (nSPS) is 12.5. The maximum Gasteiger partial charge on any atom is 0.171 e. The molecular weight excluding hydrogens is 280 g/mol. The summed E-state index contributed by atoms with van der Waals surface area (Å²) < 4.78 is 0. The van der Waals surface area contributed by atoms with E-state index < -0.39 is 0 Å². The topological polar surface area (TPSA) is 50.7 Å². The van der Waals surface area contributed by atoms with Crippen LogP contribution in [0.3, 0.4) is 0 Å². The Bertz CT molecular complexity index is 582. The van der Waals surface area contributed by atoms with Crippen molar-refractivity contribution in [2.75, 3.05) is 5.32 Å². The van der Waals surface area contributed by atoms with Gasteiger partial charge in [0.15, 0.2) is 11.0 Å². The monoisotopic (exact) mass is 296 g/mol. The lowest BCUT2D eigenvalue weighted by Crippen LogP contribution is -2.10. The molecule has 0 spiro atoms. The van der Waals surface area contributed by atoms with Gasteiger partial charge in [-0.1, -0.05) is 18.5 Å². The average Bonchev–Trinajstić information content (AvgIpc) is 2.84. The van der Waals surface area contributed by atoms with Gasteiger partial charge in [-0.05, 0) is 27.2 Å². The van der Waals surface area contributed by atoms with E-state index in [0.29, 0.717) is 11.0 Å². The summed E-state index contributed by atoms with van der Waals surface area (Å²) in [4.78, 5) is 14.4. The molecule has 0 saturated heterocycles. The Balaban J connectivity index is 2.18. The van der Waals surface area contributed by atoms with Crippen LogP contribution in [0.4, 0.5) is 5.82 Å². The smallest absolute Gasteiger partial charge is 0.171 e. The molecule has 19 heavy (non-hydrogen) atoms. The van der Waals surface area contributed by atoms with E-state index in [4.69, 9.17) is 11.6 Å². The molecule has 102 valence electrons.